The van der Waals surface area contributed by atoms with E-state index in [4.69, 9.17) is 5.73 Å². The zero-order valence-corrected chi connectivity index (χ0v) is 7.07. The van der Waals surface area contributed by atoms with E-state index < -0.39 is 0 Å². The van der Waals surface area contributed by atoms with Crippen LogP contribution in [0.15, 0.2) is 0 Å². The van der Waals surface area contributed by atoms with E-state index in [0.29, 0.717) is 0 Å². The van der Waals surface area contributed by atoms with E-state index in [1.807, 2.05) is 0 Å². The third kappa shape index (κ3) is 1.19. The van der Waals surface area contributed by atoms with E-state index in [-0.39, 0.29) is 0 Å². The van der Waals surface area contributed by atoms with E-state index in [0.717, 1.165) is 23.0 Å². The molecule has 0 spiro atoms. The zero-order valence-electron chi connectivity index (χ0n) is 6.25. The van der Waals surface area contributed by atoms with E-state index in [2.05, 4.69) is 11.8 Å². The summed E-state index contributed by atoms with van der Waals surface area (Å²) in [5.41, 5.74) is 5.65. The molecule has 2 aliphatic rings. The minimum absolute atomic E-state index is 0.860. The van der Waals surface area contributed by atoms with Crippen LogP contribution in [0.5, 0.6) is 0 Å². The first-order valence-electron chi connectivity index (χ1n) is 4.24. The van der Waals surface area contributed by atoms with Crippen molar-refractivity contribution < 1.29 is 0 Å². The Hall–Kier alpha value is 0.310. The summed E-state index contributed by atoms with van der Waals surface area (Å²) in [4.78, 5) is 0. The summed E-state index contributed by atoms with van der Waals surface area (Å²) in [5, 5.41) is 1.96. The van der Waals surface area contributed by atoms with Crippen molar-refractivity contribution in [3.05, 3.63) is 0 Å². The summed E-state index contributed by atoms with van der Waals surface area (Å²) in [7, 11) is 0. The molecule has 2 bridgehead atoms. The molecule has 2 unspecified atom stereocenters. The van der Waals surface area contributed by atoms with Gasteiger partial charge in [0.05, 0.1) is 0 Å². The van der Waals surface area contributed by atoms with Gasteiger partial charge in [-0.25, -0.2) is 0 Å². The van der Waals surface area contributed by atoms with Crippen LogP contribution in [0.2, 0.25) is 0 Å². The van der Waals surface area contributed by atoms with Gasteiger partial charge in [-0.3, -0.25) is 0 Å². The van der Waals surface area contributed by atoms with Gasteiger partial charge < -0.3 is 5.73 Å². The molecule has 2 atom stereocenters. The van der Waals surface area contributed by atoms with Crippen molar-refractivity contribution in [3.63, 3.8) is 0 Å². The van der Waals surface area contributed by atoms with Gasteiger partial charge >= 0.3 is 0 Å². The Balaban J connectivity index is 1.96. The molecular formula is C8H15NS. The summed E-state index contributed by atoms with van der Waals surface area (Å²) in [6.45, 7) is 0.924. The van der Waals surface area contributed by atoms with Crippen molar-refractivity contribution in [2.45, 2.75) is 36.2 Å². The van der Waals surface area contributed by atoms with Crippen molar-refractivity contribution in [3.8, 4) is 0 Å². The summed E-state index contributed by atoms with van der Waals surface area (Å²) >= 11 is 2.22. The molecule has 2 heteroatoms. The average Bonchev–Trinajstić information content (AvgIpc) is 2.30. The van der Waals surface area contributed by atoms with E-state index in [1.165, 1.54) is 25.7 Å². The van der Waals surface area contributed by atoms with Crippen LogP contribution in [0.3, 0.4) is 0 Å². The Labute approximate surface area is 66.7 Å². The van der Waals surface area contributed by atoms with Crippen LogP contribution in [0.25, 0.3) is 0 Å². The third-order valence-corrected chi connectivity index (χ3v) is 4.35. The standard InChI is InChI=1S/C8H15NS/c9-5-6-3-7-1-2-8(4-6)10-7/h6-8H,1-5,9H2. The second-order valence-corrected chi connectivity index (χ2v) is 5.14. The quantitative estimate of drug-likeness (QED) is 0.626. The number of nitrogens with two attached hydrogens (primary N) is 1. The molecule has 0 aromatic carbocycles. The second-order valence-electron chi connectivity index (χ2n) is 3.53. The van der Waals surface area contributed by atoms with E-state index in [9.17, 15) is 0 Å². The van der Waals surface area contributed by atoms with Crippen LogP contribution in [0, 0.1) is 5.92 Å². The largest absolute Gasteiger partial charge is 0.330 e. The molecular weight excluding hydrogens is 142 g/mol. The van der Waals surface area contributed by atoms with Crippen molar-refractivity contribution in [2.75, 3.05) is 6.54 Å². The minimum atomic E-state index is 0.860. The molecule has 0 saturated carbocycles. The summed E-state index contributed by atoms with van der Waals surface area (Å²) in [5.74, 6) is 0.860. The fourth-order valence-corrected chi connectivity index (χ4v) is 4.01. The molecule has 2 N–H and O–H groups in total. The highest BCUT2D eigenvalue weighted by Gasteiger charge is 2.33. The first-order valence-corrected chi connectivity index (χ1v) is 5.18. The van der Waals surface area contributed by atoms with E-state index >= 15 is 0 Å². The highest BCUT2D eigenvalue weighted by atomic mass is 32.2. The van der Waals surface area contributed by atoms with Crippen LogP contribution >= 0.6 is 11.8 Å². The van der Waals surface area contributed by atoms with Gasteiger partial charge in [0.15, 0.2) is 0 Å². The van der Waals surface area contributed by atoms with Crippen molar-refractivity contribution in [2.24, 2.45) is 11.7 Å². The van der Waals surface area contributed by atoms with Crippen molar-refractivity contribution in [1.82, 2.24) is 0 Å². The Morgan fingerprint density at radius 3 is 2.30 bits per heavy atom. The zero-order chi connectivity index (χ0) is 6.97. The molecule has 2 rings (SSSR count). The number of hydrogen-bond acceptors (Lipinski definition) is 2. The molecule has 0 aliphatic carbocycles. The Morgan fingerprint density at radius 1 is 1.20 bits per heavy atom. The van der Waals surface area contributed by atoms with Gasteiger partial charge in [-0.15, -0.1) is 0 Å². The number of thioether (sulfide) groups is 1. The molecule has 0 amide bonds. The number of fused-ring (bicyclic) bond motifs is 2. The normalized spacial score (nSPS) is 45.9. The summed E-state index contributed by atoms with van der Waals surface area (Å²) in [6.07, 6.45) is 5.73. The maximum absolute atomic E-state index is 5.65. The van der Waals surface area contributed by atoms with Gasteiger partial charge in [-0.2, -0.15) is 11.8 Å². The first kappa shape index (κ1) is 6.99. The minimum Gasteiger partial charge on any atom is -0.330 e. The lowest BCUT2D eigenvalue weighted by atomic mass is 10.00. The molecule has 58 valence electrons. The summed E-state index contributed by atoms with van der Waals surface area (Å²) in [6, 6.07) is 0. The first-order chi connectivity index (χ1) is 4.88. The molecule has 2 heterocycles. The fourth-order valence-electron chi connectivity index (χ4n) is 2.16. The lowest BCUT2D eigenvalue weighted by molar-refractivity contribution is 0.465. The van der Waals surface area contributed by atoms with Gasteiger partial charge in [0, 0.05) is 10.5 Å². The monoisotopic (exact) mass is 157 g/mol. The Kier molecular flexibility index (Phi) is 1.92. The Bertz CT molecular complexity index is 114. The highest BCUT2D eigenvalue weighted by molar-refractivity contribution is 8.00. The molecule has 2 fully saturated rings. The van der Waals surface area contributed by atoms with Crippen LogP contribution < -0.4 is 5.73 Å². The van der Waals surface area contributed by atoms with Crippen LogP contribution in [0.4, 0.5) is 0 Å². The van der Waals surface area contributed by atoms with Gasteiger partial charge in [-0.1, -0.05) is 0 Å². The molecule has 0 radical (unpaired) electrons. The third-order valence-electron chi connectivity index (χ3n) is 2.72. The van der Waals surface area contributed by atoms with Gasteiger partial charge in [0.1, 0.15) is 0 Å². The van der Waals surface area contributed by atoms with Crippen LogP contribution in [-0.4, -0.2) is 17.0 Å². The fraction of sp³-hybridized carbons (Fsp3) is 1.00. The van der Waals surface area contributed by atoms with Gasteiger partial charge in [0.25, 0.3) is 0 Å². The molecule has 0 aromatic rings. The lowest BCUT2D eigenvalue weighted by Crippen LogP contribution is -2.23. The topological polar surface area (TPSA) is 26.0 Å². The molecule has 0 aromatic heterocycles. The second kappa shape index (κ2) is 2.74. The molecule has 2 saturated heterocycles. The predicted molar refractivity (Wildman–Crippen MR) is 46.2 cm³/mol. The maximum Gasteiger partial charge on any atom is 0.00533 e. The average molecular weight is 157 g/mol. The smallest absolute Gasteiger partial charge is 0.00533 e. The lowest BCUT2D eigenvalue weighted by Gasteiger charge is -2.25. The maximum atomic E-state index is 5.65. The van der Waals surface area contributed by atoms with Crippen LogP contribution in [-0.2, 0) is 0 Å². The van der Waals surface area contributed by atoms with E-state index in [1.54, 1.807) is 0 Å². The molecule has 1 nitrogen and oxygen atoms in total. The predicted octanol–water partition coefficient (Wildman–Crippen LogP) is 1.62. The highest BCUT2D eigenvalue weighted by Crippen LogP contribution is 2.45. The van der Waals surface area contributed by atoms with Gasteiger partial charge in [0.2, 0.25) is 0 Å². The van der Waals surface area contributed by atoms with Crippen molar-refractivity contribution in [1.29, 1.82) is 0 Å². The summed E-state index contributed by atoms with van der Waals surface area (Å²) < 4.78 is 0. The SMILES string of the molecule is NCC1CC2CCC(C1)S2. The molecule has 10 heavy (non-hydrogen) atoms. The number of hydrogen-bond donors (Lipinski definition) is 1. The number of rotatable bonds is 1. The van der Waals surface area contributed by atoms with Crippen molar-refractivity contribution >= 4 is 11.8 Å². The van der Waals surface area contributed by atoms with Gasteiger partial charge in [-0.05, 0) is 38.1 Å². The Morgan fingerprint density at radius 2 is 1.80 bits per heavy atom. The molecule has 2 aliphatic heterocycles. The van der Waals surface area contributed by atoms with Crippen LogP contribution in [0.1, 0.15) is 25.7 Å².